The van der Waals surface area contributed by atoms with Crippen LogP contribution < -0.4 is 5.32 Å². The number of rotatable bonds is 5. The summed E-state index contributed by atoms with van der Waals surface area (Å²) in [6.45, 7) is 4.05. The lowest BCUT2D eigenvalue weighted by Gasteiger charge is -2.23. The monoisotopic (exact) mass is 223 g/mol. The van der Waals surface area contributed by atoms with Crippen LogP contribution in [0.2, 0.25) is 0 Å². The van der Waals surface area contributed by atoms with E-state index in [0.717, 1.165) is 19.6 Å². The van der Waals surface area contributed by atoms with Gasteiger partial charge in [0.05, 0.1) is 12.3 Å². The zero-order chi connectivity index (χ0) is 11.4. The SMILES string of the molecule is CCNC(Cc1cnn(C)c1)C1CCCO1. The van der Waals surface area contributed by atoms with Crippen molar-refractivity contribution >= 4 is 0 Å². The molecule has 4 nitrogen and oxygen atoms in total. The Balaban J connectivity index is 1.96. The molecule has 1 aliphatic rings. The van der Waals surface area contributed by atoms with Crippen LogP contribution in [0.1, 0.15) is 25.3 Å². The topological polar surface area (TPSA) is 39.1 Å². The number of hydrogen-bond acceptors (Lipinski definition) is 3. The van der Waals surface area contributed by atoms with Crippen molar-refractivity contribution in [1.82, 2.24) is 15.1 Å². The van der Waals surface area contributed by atoms with E-state index in [4.69, 9.17) is 4.74 Å². The molecule has 90 valence electrons. The molecule has 1 fully saturated rings. The van der Waals surface area contributed by atoms with Crippen molar-refractivity contribution in [2.75, 3.05) is 13.2 Å². The van der Waals surface area contributed by atoms with E-state index in [9.17, 15) is 0 Å². The zero-order valence-electron chi connectivity index (χ0n) is 10.1. The lowest BCUT2D eigenvalue weighted by molar-refractivity contribution is 0.0789. The van der Waals surface area contributed by atoms with Crippen molar-refractivity contribution in [2.24, 2.45) is 7.05 Å². The molecule has 4 heteroatoms. The minimum absolute atomic E-state index is 0.375. The summed E-state index contributed by atoms with van der Waals surface area (Å²) in [6.07, 6.45) is 7.78. The first-order valence-electron chi connectivity index (χ1n) is 6.12. The van der Waals surface area contributed by atoms with Crippen LogP contribution in [-0.4, -0.2) is 35.1 Å². The van der Waals surface area contributed by atoms with Crippen molar-refractivity contribution in [3.05, 3.63) is 18.0 Å². The number of nitrogens with zero attached hydrogens (tertiary/aromatic N) is 2. The van der Waals surface area contributed by atoms with Gasteiger partial charge in [0, 0.05) is 25.9 Å². The second kappa shape index (κ2) is 5.46. The summed E-state index contributed by atoms with van der Waals surface area (Å²) in [6, 6.07) is 0.428. The maximum absolute atomic E-state index is 5.76. The summed E-state index contributed by atoms with van der Waals surface area (Å²) in [5.74, 6) is 0. The first-order valence-corrected chi connectivity index (χ1v) is 6.12. The molecule has 2 heterocycles. The number of nitrogens with one attached hydrogen (secondary N) is 1. The molecule has 1 aromatic rings. The summed E-state index contributed by atoms with van der Waals surface area (Å²) in [5.41, 5.74) is 1.28. The molecular weight excluding hydrogens is 202 g/mol. The van der Waals surface area contributed by atoms with Crippen LogP contribution >= 0.6 is 0 Å². The average molecular weight is 223 g/mol. The van der Waals surface area contributed by atoms with Crippen molar-refractivity contribution in [3.8, 4) is 0 Å². The largest absolute Gasteiger partial charge is 0.377 e. The van der Waals surface area contributed by atoms with E-state index in [-0.39, 0.29) is 0 Å². The summed E-state index contributed by atoms with van der Waals surface area (Å²) in [5, 5.41) is 7.72. The second-order valence-corrected chi connectivity index (χ2v) is 4.44. The summed E-state index contributed by atoms with van der Waals surface area (Å²) < 4.78 is 7.61. The molecule has 0 bridgehead atoms. The third-order valence-corrected chi connectivity index (χ3v) is 3.09. The predicted octanol–water partition coefficient (Wildman–Crippen LogP) is 1.12. The molecule has 1 aliphatic heterocycles. The average Bonchev–Trinajstić information content (AvgIpc) is 2.88. The minimum atomic E-state index is 0.375. The molecule has 2 unspecified atom stereocenters. The molecule has 2 rings (SSSR count). The maximum atomic E-state index is 5.76. The fourth-order valence-corrected chi connectivity index (χ4v) is 2.35. The van der Waals surface area contributed by atoms with Gasteiger partial charge in [0.2, 0.25) is 0 Å². The van der Waals surface area contributed by atoms with Crippen molar-refractivity contribution in [3.63, 3.8) is 0 Å². The lowest BCUT2D eigenvalue weighted by atomic mass is 10.0. The normalized spacial score (nSPS) is 22.5. The van der Waals surface area contributed by atoms with Gasteiger partial charge < -0.3 is 10.1 Å². The van der Waals surface area contributed by atoms with E-state index in [1.54, 1.807) is 0 Å². The second-order valence-electron chi connectivity index (χ2n) is 4.44. The van der Waals surface area contributed by atoms with Gasteiger partial charge in [-0.1, -0.05) is 6.92 Å². The van der Waals surface area contributed by atoms with Crippen molar-refractivity contribution < 1.29 is 4.74 Å². The van der Waals surface area contributed by atoms with E-state index in [1.165, 1.54) is 18.4 Å². The molecular formula is C12H21N3O. The Morgan fingerprint density at radius 3 is 3.12 bits per heavy atom. The Morgan fingerprint density at radius 1 is 1.69 bits per heavy atom. The maximum Gasteiger partial charge on any atom is 0.0732 e. The molecule has 0 aliphatic carbocycles. The fourth-order valence-electron chi connectivity index (χ4n) is 2.35. The molecule has 1 aromatic heterocycles. The van der Waals surface area contributed by atoms with Crippen LogP contribution in [0.25, 0.3) is 0 Å². The van der Waals surface area contributed by atoms with Gasteiger partial charge in [0.25, 0.3) is 0 Å². The summed E-state index contributed by atoms with van der Waals surface area (Å²) >= 11 is 0. The summed E-state index contributed by atoms with van der Waals surface area (Å²) in [7, 11) is 1.96. The van der Waals surface area contributed by atoms with Crippen LogP contribution in [0.3, 0.4) is 0 Å². The standard InChI is InChI=1S/C12H21N3O/c1-3-13-11(12-5-4-6-16-12)7-10-8-14-15(2)9-10/h8-9,11-13H,3-7H2,1-2H3. The first kappa shape index (κ1) is 11.6. The highest BCUT2D eigenvalue weighted by molar-refractivity contribution is 5.07. The lowest BCUT2D eigenvalue weighted by Crippen LogP contribution is -2.41. The number of likely N-dealkylation sites (N-methyl/N-ethyl adjacent to an activating group) is 1. The molecule has 0 spiro atoms. The summed E-state index contributed by atoms with van der Waals surface area (Å²) in [4.78, 5) is 0. The Bertz CT molecular complexity index is 318. The first-order chi connectivity index (χ1) is 7.79. The highest BCUT2D eigenvalue weighted by atomic mass is 16.5. The Hall–Kier alpha value is -0.870. The van der Waals surface area contributed by atoms with Gasteiger partial charge in [-0.15, -0.1) is 0 Å². The van der Waals surface area contributed by atoms with Gasteiger partial charge >= 0.3 is 0 Å². The Labute approximate surface area is 97.0 Å². The Kier molecular flexibility index (Phi) is 3.96. The highest BCUT2D eigenvalue weighted by Gasteiger charge is 2.25. The third kappa shape index (κ3) is 2.83. The Morgan fingerprint density at radius 2 is 2.56 bits per heavy atom. The van der Waals surface area contributed by atoms with Gasteiger partial charge in [0.1, 0.15) is 0 Å². The van der Waals surface area contributed by atoms with Crippen LogP contribution in [0.4, 0.5) is 0 Å². The van der Waals surface area contributed by atoms with Gasteiger partial charge in [-0.25, -0.2) is 0 Å². The highest BCUT2D eigenvalue weighted by Crippen LogP contribution is 2.18. The van der Waals surface area contributed by atoms with E-state index in [1.807, 2.05) is 17.9 Å². The third-order valence-electron chi connectivity index (χ3n) is 3.09. The van der Waals surface area contributed by atoms with E-state index >= 15 is 0 Å². The minimum Gasteiger partial charge on any atom is -0.377 e. The smallest absolute Gasteiger partial charge is 0.0732 e. The zero-order valence-corrected chi connectivity index (χ0v) is 10.1. The molecule has 1 N–H and O–H groups in total. The molecule has 0 amide bonds. The molecule has 2 atom stereocenters. The van der Waals surface area contributed by atoms with Crippen LogP contribution in [0, 0.1) is 0 Å². The predicted molar refractivity (Wildman–Crippen MR) is 63.4 cm³/mol. The van der Waals surface area contributed by atoms with Crippen LogP contribution in [0.5, 0.6) is 0 Å². The van der Waals surface area contributed by atoms with Gasteiger partial charge in [-0.2, -0.15) is 5.10 Å². The molecule has 0 saturated carbocycles. The molecule has 0 aromatic carbocycles. The molecule has 0 radical (unpaired) electrons. The van der Waals surface area contributed by atoms with Gasteiger partial charge in [-0.05, 0) is 31.4 Å². The van der Waals surface area contributed by atoms with Crippen molar-refractivity contribution in [2.45, 2.75) is 38.3 Å². The molecule has 16 heavy (non-hydrogen) atoms. The van der Waals surface area contributed by atoms with E-state index in [0.29, 0.717) is 12.1 Å². The fraction of sp³-hybridized carbons (Fsp3) is 0.750. The number of hydrogen-bond donors (Lipinski definition) is 1. The number of ether oxygens (including phenoxy) is 1. The number of aromatic nitrogens is 2. The van der Waals surface area contributed by atoms with Crippen LogP contribution in [0.15, 0.2) is 12.4 Å². The van der Waals surface area contributed by atoms with Gasteiger partial charge in [-0.3, -0.25) is 4.68 Å². The van der Waals surface area contributed by atoms with Gasteiger partial charge in [0.15, 0.2) is 0 Å². The van der Waals surface area contributed by atoms with E-state index in [2.05, 4.69) is 23.5 Å². The number of aryl methyl sites for hydroxylation is 1. The van der Waals surface area contributed by atoms with E-state index < -0.39 is 0 Å². The van der Waals surface area contributed by atoms with Crippen LogP contribution in [-0.2, 0) is 18.2 Å². The molecule has 1 saturated heterocycles. The van der Waals surface area contributed by atoms with Crippen molar-refractivity contribution in [1.29, 1.82) is 0 Å². The quantitative estimate of drug-likeness (QED) is 0.813.